The largest absolute Gasteiger partial charge is 0.146 e. The van der Waals surface area contributed by atoms with Gasteiger partial charge in [0.15, 0.2) is 0 Å². The van der Waals surface area contributed by atoms with E-state index < -0.39 is 0 Å². The highest BCUT2D eigenvalue weighted by Crippen LogP contribution is 1.98. The van der Waals surface area contributed by atoms with Crippen molar-refractivity contribution in [2.24, 2.45) is 0 Å². The molecule has 0 aromatic heterocycles. The Labute approximate surface area is 63.2 Å². The number of rotatable bonds is 6. The molecule has 62 valence electrons. The molecule has 0 aliphatic rings. The second-order valence-electron chi connectivity index (χ2n) is 2.62. The Hall–Kier alpha value is -0.110. The van der Waals surface area contributed by atoms with Gasteiger partial charge in [0.05, 0.1) is 0 Å². The third-order valence-corrected chi connectivity index (χ3v) is 1.51. The van der Waals surface area contributed by atoms with Crippen molar-refractivity contribution >= 4 is 0 Å². The van der Waals surface area contributed by atoms with Crippen LogP contribution in [0.2, 0.25) is 0 Å². The molecule has 0 aliphatic carbocycles. The summed E-state index contributed by atoms with van der Waals surface area (Å²) >= 11 is 0. The summed E-state index contributed by atoms with van der Waals surface area (Å²) in [5.41, 5.74) is 0. The molecule has 0 unspecified atom stereocenters. The lowest BCUT2D eigenvalue weighted by molar-refractivity contribution is 0.0227. The molecule has 0 bridgehead atoms. The molecule has 0 rings (SSSR count). The molecule has 0 aliphatic heterocycles. The molecule has 1 nitrogen and oxygen atoms in total. The van der Waals surface area contributed by atoms with E-state index in [2.05, 4.69) is 13.8 Å². The standard InChI is InChI=1S/C8H18FN/c1-3-5-7-10(9)8-6-4-2/h3-8H2,1-2H3. The van der Waals surface area contributed by atoms with E-state index in [1.807, 2.05) is 0 Å². The van der Waals surface area contributed by atoms with E-state index in [9.17, 15) is 4.48 Å². The Morgan fingerprint density at radius 1 is 1.00 bits per heavy atom. The van der Waals surface area contributed by atoms with Crippen LogP contribution in [0.1, 0.15) is 39.5 Å². The molecule has 0 aromatic rings. The van der Waals surface area contributed by atoms with Gasteiger partial charge in [0.25, 0.3) is 0 Å². The average molecular weight is 147 g/mol. The Bertz CT molecular complexity index is 58.3. The second kappa shape index (κ2) is 7.00. The Balaban J connectivity index is 3.00. The highest BCUT2D eigenvalue weighted by molar-refractivity contribution is 4.44. The number of hydrogen-bond donors (Lipinski definition) is 0. The topological polar surface area (TPSA) is 3.24 Å². The minimum Gasteiger partial charge on any atom is -0.146 e. The molecule has 0 atom stereocenters. The Morgan fingerprint density at radius 3 is 1.70 bits per heavy atom. The first kappa shape index (κ1) is 9.89. The van der Waals surface area contributed by atoms with Gasteiger partial charge in [0.1, 0.15) is 0 Å². The van der Waals surface area contributed by atoms with E-state index in [0.29, 0.717) is 13.1 Å². The first-order chi connectivity index (χ1) is 4.81. The lowest BCUT2D eigenvalue weighted by Gasteiger charge is -2.09. The highest BCUT2D eigenvalue weighted by Gasteiger charge is 1.98. The van der Waals surface area contributed by atoms with Crippen LogP contribution in [0.25, 0.3) is 0 Å². The zero-order valence-electron chi connectivity index (χ0n) is 7.07. The van der Waals surface area contributed by atoms with Gasteiger partial charge in [-0.15, -0.1) is 9.60 Å². The van der Waals surface area contributed by atoms with E-state index in [1.165, 1.54) is 0 Å². The van der Waals surface area contributed by atoms with Crippen molar-refractivity contribution in [3.8, 4) is 0 Å². The van der Waals surface area contributed by atoms with Gasteiger partial charge in [-0.3, -0.25) is 0 Å². The predicted octanol–water partition coefficient (Wildman–Crippen LogP) is 2.77. The van der Waals surface area contributed by atoms with Crippen LogP contribution < -0.4 is 0 Å². The average Bonchev–Trinajstić information content (AvgIpc) is 1.97. The van der Waals surface area contributed by atoms with Crippen LogP contribution in [-0.4, -0.2) is 18.2 Å². The molecule has 2 heteroatoms. The van der Waals surface area contributed by atoms with Crippen molar-refractivity contribution in [1.29, 1.82) is 0 Å². The summed E-state index contributed by atoms with van der Waals surface area (Å²) in [7, 11) is 0. The second-order valence-corrected chi connectivity index (χ2v) is 2.62. The molecule has 0 N–H and O–H groups in total. The van der Waals surface area contributed by atoms with Crippen LogP contribution >= 0.6 is 0 Å². The maximum absolute atomic E-state index is 12.6. The van der Waals surface area contributed by atoms with E-state index in [1.54, 1.807) is 0 Å². The molecule has 0 spiro atoms. The first-order valence-electron chi connectivity index (χ1n) is 4.22. The van der Waals surface area contributed by atoms with Crippen LogP contribution in [0.3, 0.4) is 0 Å². The van der Waals surface area contributed by atoms with Gasteiger partial charge in [0, 0.05) is 13.1 Å². The van der Waals surface area contributed by atoms with Gasteiger partial charge in [-0.1, -0.05) is 26.7 Å². The number of hydrogen-bond acceptors (Lipinski definition) is 1. The summed E-state index contributed by atoms with van der Waals surface area (Å²) in [6.45, 7) is 5.37. The van der Waals surface area contributed by atoms with Crippen LogP contribution in [0.15, 0.2) is 0 Å². The SMILES string of the molecule is CCCCN(F)CCCC. The Kier molecular flexibility index (Phi) is 6.93. The molecule has 0 fully saturated rings. The van der Waals surface area contributed by atoms with Crippen LogP contribution in [0.5, 0.6) is 0 Å². The molecule has 0 heterocycles. The first-order valence-corrected chi connectivity index (χ1v) is 4.22. The normalized spacial score (nSPS) is 10.8. The number of halogens is 1. The molecular weight excluding hydrogens is 129 g/mol. The third-order valence-electron chi connectivity index (χ3n) is 1.51. The molecule has 0 radical (unpaired) electrons. The zero-order chi connectivity index (χ0) is 7.82. The quantitative estimate of drug-likeness (QED) is 0.522. The van der Waals surface area contributed by atoms with Crippen molar-refractivity contribution in [1.82, 2.24) is 5.12 Å². The molecule has 10 heavy (non-hydrogen) atoms. The predicted molar refractivity (Wildman–Crippen MR) is 42.5 cm³/mol. The van der Waals surface area contributed by atoms with Gasteiger partial charge in [-0.05, 0) is 12.8 Å². The minimum absolute atomic E-state index is 0.608. The fraction of sp³-hybridized carbons (Fsp3) is 1.00. The van der Waals surface area contributed by atoms with E-state index in [-0.39, 0.29) is 0 Å². The summed E-state index contributed by atoms with van der Waals surface area (Å²) in [6.07, 6.45) is 4.10. The lowest BCUT2D eigenvalue weighted by Crippen LogP contribution is -2.15. The summed E-state index contributed by atoms with van der Waals surface area (Å²) in [6, 6.07) is 0. The third kappa shape index (κ3) is 6.02. The lowest BCUT2D eigenvalue weighted by atomic mass is 10.3. The van der Waals surface area contributed by atoms with Crippen molar-refractivity contribution < 1.29 is 4.48 Å². The fourth-order valence-electron chi connectivity index (χ4n) is 0.771. The van der Waals surface area contributed by atoms with Gasteiger partial charge < -0.3 is 0 Å². The summed E-state index contributed by atoms with van der Waals surface area (Å²) in [4.78, 5) is 0. The van der Waals surface area contributed by atoms with Crippen LogP contribution in [-0.2, 0) is 0 Å². The number of unbranched alkanes of at least 4 members (excludes halogenated alkanes) is 2. The highest BCUT2D eigenvalue weighted by atomic mass is 19.2. The van der Waals surface area contributed by atoms with E-state index in [0.717, 1.165) is 30.8 Å². The maximum atomic E-state index is 12.6. The van der Waals surface area contributed by atoms with Crippen molar-refractivity contribution in [3.05, 3.63) is 0 Å². The zero-order valence-corrected chi connectivity index (χ0v) is 7.07. The summed E-state index contributed by atoms with van der Waals surface area (Å²) in [5.74, 6) is 0. The maximum Gasteiger partial charge on any atom is 0.0290 e. The fourth-order valence-corrected chi connectivity index (χ4v) is 0.771. The smallest absolute Gasteiger partial charge is 0.0290 e. The molecular formula is C8H18FN. The van der Waals surface area contributed by atoms with Crippen molar-refractivity contribution in [3.63, 3.8) is 0 Å². The van der Waals surface area contributed by atoms with Gasteiger partial charge in [-0.25, -0.2) is 0 Å². The molecule has 0 aromatic carbocycles. The Morgan fingerprint density at radius 2 is 1.40 bits per heavy atom. The summed E-state index contributed by atoms with van der Waals surface area (Å²) in [5, 5.41) is 0.924. The van der Waals surface area contributed by atoms with Crippen molar-refractivity contribution in [2.45, 2.75) is 39.5 Å². The van der Waals surface area contributed by atoms with E-state index in [4.69, 9.17) is 0 Å². The van der Waals surface area contributed by atoms with Crippen LogP contribution in [0, 0.1) is 0 Å². The molecule has 0 saturated heterocycles. The van der Waals surface area contributed by atoms with Crippen LogP contribution in [0.4, 0.5) is 4.48 Å². The van der Waals surface area contributed by atoms with Crippen molar-refractivity contribution in [2.75, 3.05) is 13.1 Å². The molecule has 0 saturated carbocycles. The monoisotopic (exact) mass is 147 g/mol. The van der Waals surface area contributed by atoms with E-state index >= 15 is 0 Å². The number of nitrogens with zero attached hydrogens (tertiary/aromatic N) is 1. The summed E-state index contributed by atoms with van der Waals surface area (Å²) < 4.78 is 12.6. The molecule has 0 amide bonds. The minimum atomic E-state index is 0.608. The van der Waals surface area contributed by atoms with Gasteiger partial charge >= 0.3 is 0 Å². The van der Waals surface area contributed by atoms with Gasteiger partial charge in [0.2, 0.25) is 0 Å². The van der Waals surface area contributed by atoms with Gasteiger partial charge in [-0.2, -0.15) is 0 Å².